The second kappa shape index (κ2) is 5.90. The lowest BCUT2D eigenvalue weighted by atomic mass is 9.95. The first kappa shape index (κ1) is 15.0. The molecule has 0 heterocycles. The van der Waals surface area contributed by atoms with Gasteiger partial charge in [-0.2, -0.15) is 8.42 Å². The molecule has 110 valence electrons. The van der Waals surface area contributed by atoms with Crippen LogP contribution in [0.3, 0.4) is 0 Å². The average molecular weight is 298 g/mol. The quantitative estimate of drug-likeness (QED) is 0.806. The van der Waals surface area contributed by atoms with Crippen molar-refractivity contribution >= 4 is 16.2 Å². The molecule has 0 aliphatic heterocycles. The summed E-state index contributed by atoms with van der Waals surface area (Å²) >= 11 is 0. The molecule has 1 aromatic rings. The summed E-state index contributed by atoms with van der Waals surface area (Å²) in [5.41, 5.74) is 0.812. The zero-order valence-electron chi connectivity index (χ0n) is 11.2. The molecule has 2 atom stereocenters. The highest BCUT2D eigenvalue weighted by atomic mass is 32.2. The summed E-state index contributed by atoms with van der Waals surface area (Å²) in [6.45, 7) is 1.73. The first-order chi connectivity index (χ1) is 9.37. The Bertz CT molecular complexity index is 569. The third kappa shape index (κ3) is 4.29. The Labute approximate surface area is 118 Å². The standard InChI is InChI=1S/C13H18N2O4S/c1-9(10-5-3-2-4-6-10)12(19-20(14,17)18)13(16)15-11-7-8-11/h2-6,9,11-12H,7-8H2,1H3,(H,15,16)(H2,14,17,18). The van der Waals surface area contributed by atoms with Crippen molar-refractivity contribution in [3.8, 4) is 0 Å². The Morgan fingerprint density at radius 2 is 1.95 bits per heavy atom. The molecule has 1 fully saturated rings. The molecular weight excluding hydrogens is 280 g/mol. The molecule has 0 aromatic heterocycles. The van der Waals surface area contributed by atoms with Crippen molar-refractivity contribution in [2.75, 3.05) is 0 Å². The molecule has 1 saturated carbocycles. The van der Waals surface area contributed by atoms with Crippen molar-refractivity contribution in [1.29, 1.82) is 0 Å². The third-order valence-corrected chi connectivity index (χ3v) is 3.67. The van der Waals surface area contributed by atoms with E-state index in [0.29, 0.717) is 0 Å². The number of amides is 1. The van der Waals surface area contributed by atoms with Gasteiger partial charge in [-0.25, -0.2) is 9.32 Å². The van der Waals surface area contributed by atoms with E-state index in [0.717, 1.165) is 18.4 Å². The second-order valence-corrected chi connectivity index (χ2v) is 6.17. The maximum atomic E-state index is 12.1. The summed E-state index contributed by atoms with van der Waals surface area (Å²) in [4.78, 5) is 12.1. The Morgan fingerprint density at radius 3 is 2.45 bits per heavy atom. The van der Waals surface area contributed by atoms with Crippen LogP contribution in [-0.2, 0) is 19.3 Å². The Morgan fingerprint density at radius 1 is 1.35 bits per heavy atom. The number of hydrogen-bond donors (Lipinski definition) is 2. The van der Waals surface area contributed by atoms with Crippen LogP contribution in [0.15, 0.2) is 30.3 Å². The maximum absolute atomic E-state index is 12.1. The summed E-state index contributed by atoms with van der Waals surface area (Å²) in [6.07, 6.45) is 0.661. The Kier molecular flexibility index (Phi) is 4.42. The van der Waals surface area contributed by atoms with Crippen molar-refractivity contribution in [3.05, 3.63) is 35.9 Å². The van der Waals surface area contributed by atoms with E-state index in [1.807, 2.05) is 30.3 Å². The number of nitrogens with two attached hydrogens (primary N) is 1. The summed E-state index contributed by atoms with van der Waals surface area (Å²) in [6, 6.07) is 9.23. The molecule has 1 amide bonds. The molecule has 0 saturated heterocycles. The lowest BCUT2D eigenvalue weighted by molar-refractivity contribution is -0.128. The summed E-state index contributed by atoms with van der Waals surface area (Å²) in [7, 11) is -4.20. The predicted molar refractivity (Wildman–Crippen MR) is 74.0 cm³/mol. The molecule has 2 rings (SSSR count). The number of rotatable bonds is 6. The van der Waals surface area contributed by atoms with Crippen LogP contribution in [0, 0.1) is 0 Å². The van der Waals surface area contributed by atoms with Crippen molar-refractivity contribution in [3.63, 3.8) is 0 Å². The molecule has 1 aliphatic carbocycles. The molecular formula is C13H18N2O4S. The van der Waals surface area contributed by atoms with Gasteiger partial charge in [0.1, 0.15) is 0 Å². The molecule has 20 heavy (non-hydrogen) atoms. The SMILES string of the molecule is CC(c1ccccc1)C(OS(N)(=O)=O)C(=O)NC1CC1. The lowest BCUT2D eigenvalue weighted by Crippen LogP contribution is -2.43. The smallest absolute Gasteiger partial charge is 0.334 e. The van der Waals surface area contributed by atoms with Crippen LogP contribution in [0.5, 0.6) is 0 Å². The fourth-order valence-corrected chi connectivity index (χ4v) is 2.48. The van der Waals surface area contributed by atoms with Crippen LogP contribution in [0.4, 0.5) is 0 Å². The highest BCUT2D eigenvalue weighted by Gasteiger charge is 2.34. The minimum atomic E-state index is -4.20. The predicted octanol–water partition coefficient (Wildman–Crippen LogP) is 0.657. The van der Waals surface area contributed by atoms with E-state index >= 15 is 0 Å². The van der Waals surface area contributed by atoms with Gasteiger partial charge < -0.3 is 5.32 Å². The van der Waals surface area contributed by atoms with E-state index < -0.39 is 28.2 Å². The average Bonchev–Trinajstić information content (AvgIpc) is 3.19. The largest absolute Gasteiger partial charge is 0.351 e. The van der Waals surface area contributed by atoms with Gasteiger partial charge in [-0.3, -0.25) is 4.79 Å². The summed E-state index contributed by atoms with van der Waals surface area (Å²) < 4.78 is 27.1. The monoisotopic (exact) mass is 298 g/mol. The van der Waals surface area contributed by atoms with Crippen molar-refractivity contribution in [1.82, 2.24) is 5.32 Å². The van der Waals surface area contributed by atoms with Crippen LogP contribution < -0.4 is 10.5 Å². The van der Waals surface area contributed by atoms with Crippen molar-refractivity contribution in [2.45, 2.75) is 37.8 Å². The highest BCUT2D eigenvalue weighted by molar-refractivity contribution is 7.84. The van der Waals surface area contributed by atoms with Gasteiger partial charge >= 0.3 is 10.3 Å². The second-order valence-electron chi connectivity index (χ2n) is 4.99. The van der Waals surface area contributed by atoms with E-state index in [9.17, 15) is 13.2 Å². The Hall–Kier alpha value is -1.44. The van der Waals surface area contributed by atoms with Gasteiger partial charge in [-0.1, -0.05) is 37.3 Å². The van der Waals surface area contributed by atoms with E-state index in [1.54, 1.807) is 6.92 Å². The van der Waals surface area contributed by atoms with Crippen molar-refractivity contribution < 1.29 is 17.4 Å². The third-order valence-electron chi connectivity index (χ3n) is 3.20. The van der Waals surface area contributed by atoms with Gasteiger partial charge in [-0.05, 0) is 18.4 Å². The number of hydrogen-bond acceptors (Lipinski definition) is 4. The lowest BCUT2D eigenvalue weighted by Gasteiger charge is -2.22. The zero-order chi connectivity index (χ0) is 14.8. The molecule has 1 aromatic carbocycles. The molecule has 0 radical (unpaired) electrons. The van der Waals surface area contributed by atoms with Crippen LogP contribution in [0.25, 0.3) is 0 Å². The van der Waals surface area contributed by atoms with Gasteiger partial charge in [0.05, 0.1) is 0 Å². The van der Waals surface area contributed by atoms with Crippen LogP contribution in [0.1, 0.15) is 31.2 Å². The van der Waals surface area contributed by atoms with Gasteiger partial charge in [-0.15, -0.1) is 0 Å². The van der Waals surface area contributed by atoms with Gasteiger partial charge in [0, 0.05) is 12.0 Å². The summed E-state index contributed by atoms with van der Waals surface area (Å²) in [5, 5.41) is 7.65. The molecule has 3 N–H and O–H groups in total. The maximum Gasteiger partial charge on any atom is 0.334 e. The molecule has 2 unspecified atom stereocenters. The van der Waals surface area contributed by atoms with Gasteiger partial charge in [0.2, 0.25) is 0 Å². The highest BCUT2D eigenvalue weighted by Crippen LogP contribution is 2.25. The topological polar surface area (TPSA) is 98.5 Å². The van der Waals surface area contributed by atoms with E-state index in [1.165, 1.54) is 0 Å². The fraction of sp³-hybridized carbons (Fsp3) is 0.462. The first-order valence-corrected chi connectivity index (χ1v) is 7.90. The molecule has 0 spiro atoms. The van der Waals surface area contributed by atoms with E-state index in [2.05, 4.69) is 5.32 Å². The van der Waals surface area contributed by atoms with Crippen LogP contribution in [0.2, 0.25) is 0 Å². The van der Waals surface area contributed by atoms with E-state index in [-0.39, 0.29) is 6.04 Å². The summed E-state index contributed by atoms with van der Waals surface area (Å²) in [5.74, 6) is -0.869. The van der Waals surface area contributed by atoms with Gasteiger partial charge in [0.25, 0.3) is 5.91 Å². The van der Waals surface area contributed by atoms with Crippen LogP contribution >= 0.6 is 0 Å². The molecule has 6 nitrogen and oxygen atoms in total. The first-order valence-electron chi connectivity index (χ1n) is 6.43. The number of benzene rings is 1. The molecule has 0 bridgehead atoms. The number of carbonyl (C=O) groups excluding carboxylic acids is 1. The fourth-order valence-electron chi connectivity index (χ4n) is 1.94. The van der Waals surface area contributed by atoms with Crippen molar-refractivity contribution in [2.24, 2.45) is 5.14 Å². The number of nitrogens with one attached hydrogen (secondary N) is 1. The Balaban J connectivity index is 2.18. The number of carbonyl (C=O) groups is 1. The molecule has 7 heteroatoms. The minimum absolute atomic E-state index is 0.122. The minimum Gasteiger partial charge on any atom is -0.351 e. The normalized spacial score (nSPS) is 18.3. The van der Waals surface area contributed by atoms with E-state index in [4.69, 9.17) is 9.32 Å². The van der Waals surface area contributed by atoms with Gasteiger partial charge in [0.15, 0.2) is 6.10 Å². The zero-order valence-corrected chi connectivity index (χ0v) is 12.0. The molecule has 1 aliphatic rings. The van der Waals surface area contributed by atoms with Crippen LogP contribution in [-0.4, -0.2) is 26.5 Å².